The van der Waals surface area contributed by atoms with Crippen molar-refractivity contribution >= 4 is 11.6 Å². The van der Waals surface area contributed by atoms with Gasteiger partial charge in [0.25, 0.3) is 0 Å². The smallest absolute Gasteiger partial charge is 0.228 e. The van der Waals surface area contributed by atoms with Crippen molar-refractivity contribution in [1.82, 2.24) is 0 Å². The van der Waals surface area contributed by atoms with Crippen LogP contribution in [0.5, 0.6) is 0 Å². The van der Waals surface area contributed by atoms with Gasteiger partial charge in [-0.15, -0.1) is 0 Å². The molecule has 33 heavy (non-hydrogen) atoms. The van der Waals surface area contributed by atoms with Crippen molar-refractivity contribution in [2.45, 2.75) is 83.7 Å². The molecule has 0 radical (unpaired) electrons. The van der Waals surface area contributed by atoms with Crippen LogP contribution in [0.1, 0.15) is 78.1 Å². The van der Waals surface area contributed by atoms with E-state index in [9.17, 15) is 9.90 Å². The third kappa shape index (κ3) is 4.38. The Morgan fingerprint density at radius 2 is 1.82 bits per heavy atom. The molecule has 4 nitrogen and oxygen atoms in total. The molecule has 0 saturated heterocycles. The number of ether oxygens (including phenoxy) is 1. The summed E-state index contributed by atoms with van der Waals surface area (Å²) < 4.78 is 5.64. The third-order valence-electron chi connectivity index (χ3n) is 10.3. The SMILES string of the molecule is CCOC[C@@]1(O)CC[C@H]2[C@@H](CC[C@@H]3[C@@H]2CC[C@]2(C)[C@@H](C(=O)Nc4ccccc4)CCC[C@@H]32)C1. The maximum absolute atomic E-state index is 13.4. The second-order valence-electron chi connectivity index (χ2n) is 11.9. The Hall–Kier alpha value is -1.39. The number of amides is 1. The maximum atomic E-state index is 13.4. The van der Waals surface area contributed by atoms with Crippen molar-refractivity contribution in [3.63, 3.8) is 0 Å². The fourth-order valence-electron chi connectivity index (χ4n) is 8.76. The van der Waals surface area contributed by atoms with Gasteiger partial charge in [-0.3, -0.25) is 4.79 Å². The molecule has 0 spiro atoms. The number of fused-ring (bicyclic) bond motifs is 5. The van der Waals surface area contributed by atoms with Crippen LogP contribution >= 0.6 is 0 Å². The van der Waals surface area contributed by atoms with E-state index < -0.39 is 5.60 Å². The van der Waals surface area contributed by atoms with Gasteiger partial charge in [0.1, 0.15) is 0 Å². The predicted octanol–water partition coefficient (Wildman–Crippen LogP) is 6.05. The highest BCUT2D eigenvalue weighted by Gasteiger charge is 2.57. The largest absolute Gasteiger partial charge is 0.387 e. The van der Waals surface area contributed by atoms with Gasteiger partial charge in [0.05, 0.1) is 12.2 Å². The first-order valence-corrected chi connectivity index (χ1v) is 13.6. The van der Waals surface area contributed by atoms with Crippen LogP contribution in [0.15, 0.2) is 30.3 Å². The number of hydrogen-bond donors (Lipinski definition) is 2. The van der Waals surface area contributed by atoms with Crippen molar-refractivity contribution in [1.29, 1.82) is 0 Å². The molecule has 4 fully saturated rings. The number of aliphatic hydroxyl groups is 1. The highest BCUT2D eigenvalue weighted by Crippen LogP contribution is 2.63. The zero-order chi connectivity index (χ0) is 23.1. The maximum Gasteiger partial charge on any atom is 0.228 e. The molecule has 4 aliphatic rings. The zero-order valence-corrected chi connectivity index (χ0v) is 20.6. The number of para-hydroxylation sites is 1. The second-order valence-corrected chi connectivity index (χ2v) is 11.9. The zero-order valence-electron chi connectivity index (χ0n) is 20.6. The number of carbonyl (C=O) groups excluding carboxylic acids is 1. The molecule has 0 aliphatic heterocycles. The number of carbonyl (C=O) groups is 1. The van der Waals surface area contributed by atoms with Gasteiger partial charge in [-0.05, 0) is 112 Å². The van der Waals surface area contributed by atoms with Crippen molar-refractivity contribution in [2.24, 2.45) is 40.9 Å². The highest BCUT2D eigenvalue weighted by atomic mass is 16.5. The van der Waals surface area contributed by atoms with Gasteiger partial charge in [0, 0.05) is 18.2 Å². The predicted molar refractivity (Wildman–Crippen MR) is 132 cm³/mol. The lowest BCUT2D eigenvalue weighted by Crippen LogP contribution is -2.56. The van der Waals surface area contributed by atoms with E-state index in [2.05, 4.69) is 12.2 Å². The Kier molecular flexibility index (Phi) is 6.61. The topological polar surface area (TPSA) is 58.6 Å². The molecule has 1 aromatic carbocycles. The molecule has 2 N–H and O–H groups in total. The lowest BCUT2D eigenvalue weighted by Gasteiger charge is -2.60. The number of hydrogen-bond acceptors (Lipinski definition) is 3. The van der Waals surface area contributed by atoms with Gasteiger partial charge in [-0.1, -0.05) is 31.5 Å². The molecule has 4 saturated carbocycles. The number of rotatable bonds is 5. The first kappa shape index (κ1) is 23.4. The van der Waals surface area contributed by atoms with E-state index in [0.29, 0.717) is 25.0 Å². The van der Waals surface area contributed by atoms with E-state index in [4.69, 9.17) is 4.74 Å². The number of anilines is 1. The summed E-state index contributed by atoms with van der Waals surface area (Å²) in [5.74, 6) is 3.98. The van der Waals surface area contributed by atoms with Crippen LogP contribution in [0.25, 0.3) is 0 Å². The monoisotopic (exact) mass is 453 g/mol. The van der Waals surface area contributed by atoms with Crippen molar-refractivity contribution < 1.29 is 14.6 Å². The Morgan fingerprint density at radius 3 is 2.61 bits per heavy atom. The molecular weight excluding hydrogens is 410 g/mol. The van der Waals surface area contributed by atoms with Crippen LogP contribution in [0, 0.1) is 40.9 Å². The Morgan fingerprint density at radius 1 is 1.03 bits per heavy atom. The summed E-state index contributed by atoms with van der Waals surface area (Å²) in [5.41, 5.74) is 0.429. The van der Waals surface area contributed by atoms with Crippen LogP contribution in [0.2, 0.25) is 0 Å². The van der Waals surface area contributed by atoms with Crippen LogP contribution in [-0.4, -0.2) is 29.8 Å². The standard InChI is InChI=1S/C29H43NO3/c1-3-33-19-29(32)17-15-22-20(18-29)12-13-24-23(22)14-16-28(2)25(24)10-7-11-26(28)27(31)30-21-8-5-4-6-9-21/h4-6,8-9,20,22-26,32H,3,7,10-19H2,1-2H3,(H,30,31)/t20-,22-,23+,24+,25-,26+,28-,29+/m0/s1. The molecule has 5 rings (SSSR count). The lowest BCUT2D eigenvalue weighted by molar-refractivity contribution is -0.151. The molecule has 0 aromatic heterocycles. The molecule has 1 aromatic rings. The van der Waals surface area contributed by atoms with Crippen LogP contribution in [0.3, 0.4) is 0 Å². The first-order chi connectivity index (χ1) is 15.9. The van der Waals surface area contributed by atoms with E-state index in [0.717, 1.165) is 49.1 Å². The van der Waals surface area contributed by atoms with Gasteiger partial charge in [-0.25, -0.2) is 0 Å². The van der Waals surface area contributed by atoms with Crippen molar-refractivity contribution in [2.75, 3.05) is 18.5 Å². The highest BCUT2D eigenvalue weighted by molar-refractivity contribution is 5.93. The third-order valence-corrected chi connectivity index (χ3v) is 10.3. The van der Waals surface area contributed by atoms with Crippen LogP contribution < -0.4 is 5.32 Å². The fourth-order valence-corrected chi connectivity index (χ4v) is 8.76. The molecule has 4 aliphatic carbocycles. The van der Waals surface area contributed by atoms with Crippen molar-refractivity contribution in [3.8, 4) is 0 Å². The molecule has 0 heterocycles. The molecule has 8 atom stereocenters. The normalized spacial score (nSPS) is 42.5. The van der Waals surface area contributed by atoms with E-state index in [1.807, 2.05) is 37.3 Å². The van der Waals surface area contributed by atoms with E-state index >= 15 is 0 Å². The summed E-state index contributed by atoms with van der Waals surface area (Å²) >= 11 is 0. The van der Waals surface area contributed by atoms with Gasteiger partial charge < -0.3 is 15.2 Å². The molecule has 1 amide bonds. The second kappa shape index (κ2) is 9.34. The Bertz CT molecular complexity index is 827. The first-order valence-electron chi connectivity index (χ1n) is 13.6. The minimum absolute atomic E-state index is 0.121. The average Bonchev–Trinajstić information content (AvgIpc) is 2.82. The summed E-state index contributed by atoms with van der Waals surface area (Å²) in [7, 11) is 0. The fraction of sp³-hybridized carbons (Fsp3) is 0.759. The minimum atomic E-state index is -0.612. The van der Waals surface area contributed by atoms with Gasteiger partial charge in [-0.2, -0.15) is 0 Å². The molecule has 0 unspecified atom stereocenters. The molecule has 4 heteroatoms. The molecule has 182 valence electrons. The number of benzene rings is 1. The Labute approximate surface area is 199 Å². The molecule has 0 bridgehead atoms. The van der Waals surface area contributed by atoms with Crippen LogP contribution in [-0.2, 0) is 9.53 Å². The van der Waals surface area contributed by atoms with E-state index in [1.54, 1.807) is 0 Å². The van der Waals surface area contributed by atoms with Gasteiger partial charge >= 0.3 is 0 Å². The molecular formula is C29H43NO3. The van der Waals surface area contributed by atoms with Crippen molar-refractivity contribution in [3.05, 3.63) is 30.3 Å². The van der Waals surface area contributed by atoms with Gasteiger partial charge in [0.15, 0.2) is 0 Å². The summed E-state index contributed by atoms with van der Waals surface area (Å²) in [6, 6.07) is 9.96. The summed E-state index contributed by atoms with van der Waals surface area (Å²) in [5, 5.41) is 14.3. The number of nitrogens with one attached hydrogen (secondary N) is 1. The average molecular weight is 454 g/mol. The lowest BCUT2D eigenvalue weighted by atomic mass is 9.45. The van der Waals surface area contributed by atoms with E-state index in [1.165, 1.54) is 38.5 Å². The summed E-state index contributed by atoms with van der Waals surface area (Å²) in [6.45, 7) is 5.63. The Balaban J connectivity index is 1.29. The van der Waals surface area contributed by atoms with Gasteiger partial charge in [0.2, 0.25) is 5.91 Å². The quantitative estimate of drug-likeness (QED) is 0.570. The van der Waals surface area contributed by atoms with E-state index in [-0.39, 0.29) is 17.2 Å². The minimum Gasteiger partial charge on any atom is -0.387 e. The summed E-state index contributed by atoms with van der Waals surface area (Å²) in [4.78, 5) is 13.4. The summed E-state index contributed by atoms with van der Waals surface area (Å²) in [6.07, 6.45) is 11.4. The van der Waals surface area contributed by atoms with Crippen LogP contribution in [0.4, 0.5) is 5.69 Å².